The monoisotopic (exact) mass is 420 g/mol. The summed E-state index contributed by atoms with van der Waals surface area (Å²) in [5, 5.41) is 0. The molecular weight excluding hydrogens is 396 g/mol. The van der Waals surface area contributed by atoms with Gasteiger partial charge in [-0.2, -0.15) is 0 Å². The number of carbonyl (C=O) groups excluding carboxylic acids is 1. The van der Waals surface area contributed by atoms with E-state index in [1.54, 1.807) is 12.1 Å². The Morgan fingerprint density at radius 2 is 1.40 bits per heavy atom. The van der Waals surface area contributed by atoms with Crippen LogP contribution >= 0.6 is 0 Å². The minimum Gasteiger partial charge on any atom is -0.368 e. The number of amides is 1. The molecule has 1 fully saturated rings. The first-order chi connectivity index (χ1) is 14.4. The quantitative estimate of drug-likeness (QED) is 0.646. The highest BCUT2D eigenvalue weighted by atomic mass is 32.2. The summed E-state index contributed by atoms with van der Waals surface area (Å²) in [5.74, 6) is -0.132. The maximum atomic E-state index is 13.4. The van der Waals surface area contributed by atoms with Crippen LogP contribution in [0.3, 0.4) is 0 Å². The largest absolute Gasteiger partial charge is 0.368 e. The fourth-order valence-corrected chi connectivity index (χ4v) is 4.42. The summed E-state index contributed by atoms with van der Waals surface area (Å²) in [6.07, 6.45) is 1.16. The fourth-order valence-electron chi connectivity index (χ4n) is 3.78. The minimum absolute atomic E-state index is 0.132. The van der Waals surface area contributed by atoms with Gasteiger partial charge in [0.2, 0.25) is 0 Å². The number of rotatable bonds is 4. The minimum atomic E-state index is -3.41. The predicted molar refractivity (Wildman–Crippen MR) is 120 cm³/mol. The van der Waals surface area contributed by atoms with E-state index in [0.717, 1.165) is 36.2 Å². The van der Waals surface area contributed by atoms with Crippen molar-refractivity contribution in [1.29, 1.82) is 0 Å². The van der Waals surface area contributed by atoms with Crippen LogP contribution in [-0.4, -0.2) is 51.7 Å². The maximum Gasteiger partial charge on any atom is 0.254 e. The number of anilines is 1. The lowest BCUT2D eigenvalue weighted by Crippen LogP contribution is -2.48. The molecule has 0 saturated carbocycles. The third-order valence-corrected chi connectivity index (χ3v) is 6.53. The Bertz CT molecular complexity index is 1140. The van der Waals surface area contributed by atoms with Crippen LogP contribution in [0.25, 0.3) is 11.1 Å². The molecule has 0 atom stereocenters. The summed E-state index contributed by atoms with van der Waals surface area (Å²) in [6, 6.07) is 24.6. The molecule has 0 N–H and O–H groups in total. The van der Waals surface area contributed by atoms with Gasteiger partial charge in [0.05, 0.1) is 4.90 Å². The standard InChI is InChI=1S/C24H24N2O3S/c1-30(28,29)21-12-13-22(19-8-4-2-5-9-19)23(18-21)24(27)26-16-14-25(15-17-26)20-10-6-3-7-11-20/h2-13,18H,14-17H2,1H3. The topological polar surface area (TPSA) is 57.7 Å². The van der Waals surface area contributed by atoms with Crippen molar-refractivity contribution in [3.63, 3.8) is 0 Å². The summed E-state index contributed by atoms with van der Waals surface area (Å²) in [6.45, 7) is 2.65. The van der Waals surface area contributed by atoms with E-state index >= 15 is 0 Å². The molecule has 0 aromatic heterocycles. The van der Waals surface area contributed by atoms with Crippen molar-refractivity contribution in [3.8, 4) is 11.1 Å². The van der Waals surface area contributed by atoms with Gasteiger partial charge in [0.25, 0.3) is 5.91 Å². The Kier molecular flexibility index (Phi) is 5.59. The van der Waals surface area contributed by atoms with Crippen molar-refractivity contribution in [2.45, 2.75) is 4.90 Å². The van der Waals surface area contributed by atoms with Gasteiger partial charge in [-0.25, -0.2) is 8.42 Å². The van der Waals surface area contributed by atoms with Crippen LogP contribution in [0.15, 0.2) is 83.8 Å². The van der Waals surface area contributed by atoms with Crippen LogP contribution < -0.4 is 4.90 Å². The number of carbonyl (C=O) groups is 1. The zero-order valence-corrected chi connectivity index (χ0v) is 17.7. The summed E-state index contributed by atoms with van der Waals surface area (Å²) in [4.78, 5) is 17.7. The summed E-state index contributed by atoms with van der Waals surface area (Å²) in [7, 11) is -3.41. The van der Waals surface area contributed by atoms with Gasteiger partial charge >= 0.3 is 0 Å². The second kappa shape index (κ2) is 8.32. The highest BCUT2D eigenvalue weighted by Gasteiger charge is 2.25. The Morgan fingerprint density at radius 3 is 2.00 bits per heavy atom. The van der Waals surface area contributed by atoms with Gasteiger partial charge in [0.1, 0.15) is 0 Å². The van der Waals surface area contributed by atoms with Crippen molar-refractivity contribution in [1.82, 2.24) is 4.90 Å². The third-order valence-electron chi connectivity index (χ3n) is 5.42. The Morgan fingerprint density at radius 1 is 0.800 bits per heavy atom. The third kappa shape index (κ3) is 4.24. The molecule has 1 aliphatic rings. The van der Waals surface area contributed by atoms with E-state index in [2.05, 4.69) is 17.0 Å². The van der Waals surface area contributed by atoms with Crippen molar-refractivity contribution in [2.75, 3.05) is 37.3 Å². The summed E-state index contributed by atoms with van der Waals surface area (Å²) in [5.41, 5.74) is 3.22. The number of benzene rings is 3. The van der Waals surface area contributed by atoms with Gasteiger partial charge in [0.15, 0.2) is 9.84 Å². The molecule has 0 spiro atoms. The highest BCUT2D eigenvalue weighted by Crippen LogP contribution is 2.28. The lowest BCUT2D eigenvalue weighted by Gasteiger charge is -2.36. The van der Waals surface area contributed by atoms with Crippen LogP contribution in [-0.2, 0) is 9.84 Å². The zero-order chi connectivity index (χ0) is 21.1. The molecule has 154 valence electrons. The Hall–Kier alpha value is -3.12. The normalized spacial score (nSPS) is 14.6. The summed E-state index contributed by atoms with van der Waals surface area (Å²) < 4.78 is 24.2. The first kappa shape index (κ1) is 20.2. The Balaban J connectivity index is 1.63. The van der Waals surface area contributed by atoms with Crippen molar-refractivity contribution in [2.24, 2.45) is 0 Å². The van der Waals surface area contributed by atoms with Gasteiger partial charge in [-0.3, -0.25) is 4.79 Å². The van der Waals surface area contributed by atoms with Crippen molar-refractivity contribution >= 4 is 21.4 Å². The molecule has 0 unspecified atom stereocenters. The molecule has 1 aliphatic heterocycles. The fraction of sp³-hybridized carbons (Fsp3) is 0.208. The van der Waals surface area contributed by atoms with Gasteiger partial charge in [-0.1, -0.05) is 54.6 Å². The van der Waals surface area contributed by atoms with Gasteiger partial charge in [0, 0.05) is 43.7 Å². The second-order valence-electron chi connectivity index (χ2n) is 7.46. The number of piperazine rings is 1. The van der Waals surface area contributed by atoms with Gasteiger partial charge in [-0.05, 0) is 35.4 Å². The van der Waals surface area contributed by atoms with Crippen LogP contribution in [0.2, 0.25) is 0 Å². The highest BCUT2D eigenvalue weighted by molar-refractivity contribution is 7.90. The molecule has 0 radical (unpaired) electrons. The van der Waals surface area contributed by atoms with Gasteiger partial charge < -0.3 is 9.80 Å². The van der Waals surface area contributed by atoms with E-state index in [1.807, 2.05) is 53.4 Å². The number of sulfone groups is 1. The average molecular weight is 421 g/mol. The molecule has 0 bridgehead atoms. The number of hydrogen-bond donors (Lipinski definition) is 0. The first-order valence-electron chi connectivity index (χ1n) is 9.92. The first-order valence-corrected chi connectivity index (χ1v) is 11.8. The van der Waals surface area contributed by atoms with Crippen LogP contribution in [0, 0.1) is 0 Å². The molecule has 1 amide bonds. The van der Waals surface area contributed by atoms with Gasteiger partial charge in [-0.15, -0.1) is 0 Å². The summed E-state index contributed by atoms with van der Waals surface area (Å²) >= 11 is 0. The molecule has 1 heterocycles. The van der Waals surface area contributed by atoms with E-state index in [9.17, 15) is 13.2 Å². The molecular formula is C24H24N2O3S. The van der Waals surface area contributed by atoms with Crippen LogP contribution in [0.1, 0.15) is 10.4 Å². The lowest BCUT2D eigenvalue weighted by molar-refractivity contribution is 0.0747. The SMILES string of the molecule is CS(=O)(=O)c1ccc(-c2ccccc2)c(C(=O)N2CCN(c3ccccc3)CC2)c1. The van der Waals surface area contributed by atoms with Crippen LogP contribution in [0.5, 0.6) is 0 Å². The zero-order valence-electron chi connectivity index (χ0n) is 16.9. The van der Waals surface area contributed by atoms with Crippen molar-refractivity contribution in [3.05, 3.63) is 84.4 Å². The second-order valence-corrected chi connectivity index (χ2v) is 9.48. The predicted octanol–water partition coefficient (Wildman–Crippen LogP) is 3.72. The molecule has 30 heavy (non-hydrogen) atoms. The Labute approximate surface area is 177 Å². The molecule has 0 aliphatic carbocycles. The number of para-hydroxylation sites is 1. The molecule has 3 aromatic rings. The molecule has 5 nitrogen and oxygen atoms in total. The number of nitrogens with zero attached hydrogens (tertiary/aromatic N) is 2. The molecule has 3 aromatic carbocycles. The van der Waals surface area contributed by atoms with Crippen LogP contribution in [0.4, 0.5) is 5.69 Å². The number of hydrogen-bond acceptors (Lipinski definition) is 4. The van der Waals surface area contributed by atoms with E-state index in [1.165, 1.54) is 6.07 Å². The average Bonchev–Trinajstić information content (AvgIpc) is 2.79. The van der Waals surface area contributed by atoms with E-state index in [4.69, 9.17) is 0 Å². The van der Waals surface area contributed by atoms with Crippen molar-refractivity contribution < 1.29 is 13.2 Å². The smallest absolute Gasteiger partial charge is 0.254 e. The van der Waals surface area contributed by atoms with E-state index < -0.39 is 9.84 Å². The van der Waals surface area contributed by atoms with E-state index in [0.29, 0.717) is 18.7 Å². The van der Waals surface area contributed by atoms with E-state index in [-0.39, 0.29) is 10.8 Å². The maximum absolute atomic E-state index is 13.4. The lowest BCUT2D eigenvalue weighted by atomic mass is 9.98. The molecule has 4 rings (SSSR count). The molecule has 1 saturated heterocycles. The molecule has 6 heteroatoms.